The van der Waals surface area contributed by atoms with Crippen molar-refractivity contribution >= 4 is 23.2 Å². The predicted octanol–water partition coefficient (Wildman–Crippen LogP) is 3.14. The summed E-state index contributed by atoms with van der Waals surface area (Å²) in [5, 5.41) is 2.93. The second kappa shape index (κ2) is 9.41. The van der Waals surface area contributed by atoms with Crippen molar-refractivity contribution in [2.45, 2.75) is 38.6 Å². The average Bonchev–Trinajstić information content (AvgIpc) is 3.36. The summed E-state index contributed by atoms with van der Waals surface area (Å²) in [6.45, 7) is 3.23. The number of thiophene rings is 1. The molecule has 27 heavy (non-hydrogen) atoms. The van der Waals surface area contributed by atoms with Gasteiger partial charge in [0.1, 0.15) is 0 Å². The molecule has 1 N–H and O–H groups in total. The Balaban J connectivity index is 1.56. The quantitative estimate of drug-likeness (QED) is 0.744. The summed E-state index contributed by atoms with van der Waals surface area (Å²) < 4.78 is 0. The number of likely N-dealkylation sites (tertiary alicyclic amines) is 1. The maximum atomic E-state index is 12.4. The van der Waals surface area contributed by atoms with Gasteiger partial charge >= 0.3 is 0 Å². The third-order valence-corrected chi connectivity index (χ3v) is 5.75. The molecule has 0 aromatic carbocycles. The summed E-state index contributed by atoms with van der Waals surface area (Å²) in [4.78, 5) is 36.7. The topological polar surface area (TPSA) is 75.2 Å². The smallest absolute Gasteiger partial charge is 0.261 e. The van der Waals surface area contributed by atoms with Gasteiger partial charge in [0.2, 0.25) is 5.91 Å². The van der Waals surface area contributed by atoms with E-state index in [1.165, 1.54) is 11.3 Å². The van der Waals surface area contributed by atoms with Crippen molar-refractivity contribution in [2.75, 3.05) is 13.1 Å². The zero-order valence-electron chi connectivity index (χ0n) is 15.4. The summed E-state index contributed by atoms with van der Waals surface area (Å²) in [7, 11) is 0. The number of hydrogen-bond donors (Lipinski definition) is 1. The van der Waals surface area contributed by atoms with E-state index in [4.69, 9.17) is 0 Å². The van der Waals surface area contributed by atoms with Gasteiger partial charge in [-0.3, -0.25) is 19.6 Å². The van der Waals surface area contributed by atoms with Gasteiger partial charge in [0.05, 0.1) is 16.6 Å². The van der Waals surface area contributed by atoms with Crippen molar-refractivity contribution in [3.05, 3.63) is 58.3 Å². The largest absolute Gasteiger partial charge is 0.351 e. The molecule has 0 bridgehead atoms. The van der Waals surface area contributed by atoms with Gasteiger partial charge in [-0.05, 0) is 31.9 Å². The second-order valence-corrected chi connectivity index (χ2v) is 7.54. The maximum Gasteiger partial charge on any atom is 0.261 e. The van der Waals surface area contributed by atoms with Crippen molar-refractivity contribution < 1.29 is 9.59 Å². The molecule has 3 heterocycles. The number of amides is 2. The van der Waals surface area contributed by atoms with Crippen LogP contribution in [0.2, 0.25) is 0 Å². The van der Waals surface area contributed by atoms with Crippen LogP contribution in [0.15, 0.2) is 42.9 Å². The molecule has 7 heteroatoms. The highest BCUT2D eigenvalue weighted by molar-refractivity contribution is 7.14. The van der Waals surface area contributed by atoms with Crippen molar-refractivity contribution in [3.63, 3.8) is 0 Å². The van der Waals surface area contributed by atoms with E-state index in [9.17, 15) is 9.59 Å². The Morgan fingerprint density at radius 3 is 3.04 bits per heavy atom. The van der Waals surface area contributed by atoms with Crippen LogP contribution in [0.3, 0.4) is 0 Å². The zero-order chi connectivity index (χ0) is 19.1. The van der Waals surface area contributed by atoms with Crippen LogP contribution in [0.4, 0.5) is 0 Å². The molecule has 1 aliphatic heterocycles. The van der Waals surface area contributed by atoms with Gasteiger partial charge in [-0.25, -0.2) is 0 Å². The molecule has 142 valence electrons. The van der Waals surface area contributed by atoms with Crippen molar-refractivity contribution in [1.29, 1.82) is 0 Å². The monoisotopic (exact) mass is 384 g/mol. The fourth-order valence-corrected chi connectivity index (χ4v) is 4.27. The van der Waals surface area contributed by atoms with Crippen LogP contribution in [0.25, 0.3) is 0 Å². The first kappa shape index (κ1) is 19.2. The Morgan fingerprint density at radius 2 is 2.26 bits per heavy atom. The van der Waals surface area contributed by atoms with Crippen LogP contribution in [-0.4, -0.2) is 39.8 Å². The van der Waals surface area contributed by atoms with Gasteiger partial charge < -0.3 is 10.2 Å². The first-order valence-corrected chi connectivity index (χ1v) is 10.0. The van der Waals surface area contributed by atoms with E-state index in [2.05, 4.69) is 15.3 Å². The molecule has 6 nitrogen and oxygen atoms in total. The highest BCUT2D eigenvalue weighted by atomic mass is 32.1. The van der Waals surface area contributed by atoms with E-state index >= 15 is 0 Å². The Hall–Kier alpha value is -2.54. The minimum absolute atomic E-state index is 0.0834. The van der Waals surface area contributed by atoms with Gasteiger partial charge in [-0.1, -0.05) is 12.2 Å². The third kappa shape index (κ3) is 5.01. The van der Waals surface area contributed by atoms with Gasteiger partial charge in [0, 0.05) is 49.4 Å². The first-order valence-electron chi connectivity index (χ1n) is 9.22. The van der Waals surface area contributed by atoms with E-state index in [-0.39, 0.29) is 17.9 Å². The predicted molar refractivity (Wildman–Crippen MR) is 106 cm³/mol. The van der Waals surface area contributed by atoms with E-state index in [0.717, 1.165) is 30.0 Å². The van der Waals surface area contributed by atoms with Crippen LogP contribution in [0, 0.1) is 0 Å². The van der Waals surface area contributed by atoms with Crippen LogP contribution < -0.4 is 5.32 Å². The fraction of sp³-hybridized carbons (Fsp3) is 0.400. The Bertz CT molecular complexity index is 803. The Morgan fingerprint density at radius 1 is 1.37 bits per heavy atom. The molecule has 2 aromatic rings. The number of allylic oxidation sites excluding steroid dienone is 1. The summed E-state index contributed by atoms with van der Waals surface area (Å²) in [5.74, 6) is 0.0684. The number of rotatable bonds is 7. The molecule has 1 unspecified atom stereocenters. The number of aromatic nitrogens is 2. The summed E-state index contributed by atoms with van der Waals surface area (Å²) in [6, 6.07) is 3.92. The second-order valence-electron chi connectivity index (χ2n) is 6.42. The van der Waals surface area contributed by atoms with E-state index < -0.39 is 0 Å². The van der Waals surface area contributed by atoms with Gasteiger partial charge in [0.15, 0.2) is 0 Å². The SMILES string of the molecule is C/C=C/CC(=O)N1CCCC1c1ccc(C(=O)NCCc2cnccn2)s1. The molecule has 0 spiro atoms. The average molecular weight is 385 g/mol. The molecular weight excluding hydrogens is 360 g/mol. The minimum atomic E-state index is -0.0834. The molecule has 1 aliphatic rings. The molecule has 0 saturated carbocycles. The molecule has 0 radical (unpaired) electrons. The first-order chi connectivity index (χ1) is 13.2. The normalized spacial score (nSPS) is 16.8. The maximum absolute atomic E-state index is 12.4. The lowest BCUT2D eigenvalue weighted by atomic mass is 10.2. The summed E-state index contributed by atoms with van der Waals surface area (Å²) >= 11 is 1.48. The molecule has 0 aliphatic carbocycles. The van der Waals surface area contributed by atoms with Crippen LogP contribution in [0.5, 0.6) is 0 Å². The van der Waals surface area contributed by atoms with Crippen molar-refractivity contribution in [1.82, 2.24) is 20.2 Å². The van der Waals surface area contributed by atoms with Crippen LogP contribution >= 0.6 is 11.3 Å². The third-order valence-electron chi connectivity index (χ3n) is 4.56. The van der Waals surface area contributed by atoms with E-state index in [1.807, 2.05) is 36.1 Å². The van der Waals surface area contributed by atoms with Gasteiger partial charge in [0.25, 0.3) is 5.91 Å². The Labute approximate surface area is 163 Å². The lowest BCUT2D eigenvalue weighted by Crippen LogP contribution is -2.29. The molecule has 3 rings (SSSR count). The molecule has 2 aromatic heterocycles. The molecule has 1 atom stereocenters. The zero-order valence-corrected chi connectivity index (χ0v) is 16.2. The van der Waals surface area contributed by atoms with Gasteiger partial charge in [-0.2, -0.15) is 0 Å². The Kier molecular flexibility index (Phi) is 6.70. The van der Waals surface area contributed by atoms with Crippen LogP contribution in [-0.2, 0) is 11.2 Å². The highest BCUT2D eigenvalue weighted by Gasteiger charge is 2.30. The summed E-state index contributed by atoms with van der Waals surface area (Å²) in [5.41, 5.74) is 0.853. The van der Waals surface area contributed by atoms with Crippen molar-refractivity contribution in [3.8, 4) is 0 Å². The number of carbonyl (C=O) groups is 2. The van der Waals surface area contributed by atoms with E-state index in [0.29, 0.717) is 24.3 Å². The van der Waals surface area contributed by atoms with Crippen LogP contribution in [0.1, 0.15) is 52.5 Å². The number of nitrogens with one attached hydrogen (secondary N) is 1. The molecule has 2 amide bonds. The minimum Gasteiger partial charge on any atom is -0.351 e. The van der Waals surface area contributed by atoms with E-state index in [1.54, 1.807) is 18.6 Å². The summed E-state index contributed by atoms with van der Waals surface area (Å²) in [6.07, 6.45) is 11.8. The standard InChI is InChI=1S/C20H24N4O2S/c1-2-3-6-19(25)24-13-4-5-16(24)17-7-8-18(27-17)20(26)23-10-9-15-14-21-11-12-22-15/h2-3,7-8,11-12,14,16H,4-6,9-10,13H2,1H3,(H,23,26)/b3-2+. The molecular formula is C20H24N4O2S. The number of nitrogens with zero attached hydrogens (tertiary/aromatic N) is 3. The number of hydrogen-bond acceptors (Lipinski definition) is 5. The van der Waals surface area contributed by atoms with Gasteiger partial charge in [-0.15, -0.1) is 11.3 Å². The molecule has 1 fully saturated rings. The fourth-order valence-electron chi connectivity index (χ4n) is 3.20. The number of carbonyl (C=O) groups excluding carboxylic acids is 2. The van der Waals surface area contributed by atoms with Crippen molar-refractivity contribution in [2.24, 2.45) is 0 Å². The highest BCUT2D eigenvalue weighted by Crippen LogP contribution is 2.36. The lowest BCUT2D eigenvalue weighted by Gasteiger charge is -2.23. The lowest BCUT2D eigenvalue weighted by molar-refractivity contribution is -0.131. The molecule has 1 saturated heterocycles.